The summed E-state index contributed by atoms with van der Waals surface area (Å²) in [5, 5.41) is 14.0. The van der Waals surface area contributed by atoms with E-state index in [0.717, 1.165) is 10.9 Å². The van der Waals surface area contributed by atoms with Gasteiger partial charge in [-0.2, -0.15) is 0 Å². The number of halogens is 1. The summed E-state index contributed by atoms with van der Waals surface area (Å²) in [6.45, 7) is 6.44. The average Bonchev–Trinajstić information content (AvgIpc) is 2.71. The molecule has 124 valence electrons. The Hall–Kier alpha value is -1.20. The lowest BCUT2D eigenvalue weighted by Gasteiger charge is -2.41. The number of ketones is 1. The van der Waals surface area contributed by atoms with Crippen LogP contribution >= 0.6 is 15.9 Å². The molecular formula is C18H22BrNO3. The van der Waals surface area contributed by atoms with Crippen molar-refractivity contribution in [3.8, 4) is 0 Å². The van der Waals surface area contributed by atoms with E-state index in [1.165, 1.54) is 0 Å². The third-order valence-electron chi connectivity index (χ3n) is 5.36. The number of aliphatic hydroxyl groups is 1. The molecule has 0 bridgehead atoms. The normalized spacial score (nSPS) is 31.0. The van der Waals surface area contributed by atoms with Crippen molar-refractivity contribution >= 4 is 33.3 Å². The standard InChI is InChI=1S/C18H22BrNO3/c1-17(2,3)10-4-7-15(21)13(8-10)18(23)12-9-11(19)5-6-14(12)20-16(18)22/h5-6,9-10,13,23H,4,7-8H2,1-3H3,(H,20,22)/t10-,13+,18+/m0/s1. The summed E-state index contributed by atoms with van der Waals surface area (Å²) in [6, 6.07) is 5.30. The molecule has 3 rings (SSSR count). The molecule has 0 radical (unpaired) electrons. The molecule has 0 saturated heterocycles. The summed E-state index contributed by atoms with van der Waals surface area (Å²) in [5.41, 5.74) is -0.624. The molecule has 0 aromatic heterocycles. The molecule has 5 heteroatoms. The number of hydrogen-bond acceptors (Lipinski definition) is 3. The van der Waals surface area contributed by atoms with Crippen LogP contribution in [0.15, 0.2) is 22.7 Å². The number of hydrogen-bond donors (Lipinski definition) is 2. The first-order valence-electron chi connectivity index (χ1n) is 8.00. The van der Waals surface area contributed by atoms with Crippen molar-refractivity contribution in [1.29, 1.82) is 0 Å². The van der Waals surface area contributed by atoms with E-state index in [9.17, 15) is 14.7 Å². The van der Waals surface area contributed by atoms with Crippen LogP contribution in [0.4, 0.5) is 5.69 Å². The minimum atomic E-state index is -1.76. The van der Waals surface area contributed by atoms with Crippen LogP contribution in [0, 0.1) is 17.3 Å². The number of fused-ring (bicyclic) bond motifs is 1. The van der Waals surface area contributed by atoms with E-state index in [2.05, 4.69) is 42.0 Å². The summed E-state index contributed by atoms with van der Waals surface area (Å²) >= 11 is 3.38. The van der Waals surface area contributed by atoms with Crippen molar-refractivity contribution < 1.29 is 14.7 Å². The number of Topliss-reactive ketones (excluding diaryl/α,β-unsaturated/α-hetero) is 1. The maximum atomic E-state index is 12.5. The van der Waals surface area contributed by atoms with Gasteiger partial charge in [0.2, 0.25) is 0 Å². The molecule has 4 nitrogen and oxygen atoms in total. The highest BCUT2D eigenvalue weighted by molar-refractivity contribution is 9.10. The van der Waals surface area contributed by atoms with Gasteiger partial charge >= 0.3 is 0 Å². The van der Waals surface area contributed by atoms with E-state index >= 15 is 0 Å². The molecule has 0 unspecified atom stereocenters. The predicted molar refractivity (Wildman–Crippen MR) is 92.0 cm³/mol. The first-order valence-corrected chi connectivity index (χ1v) is 8.80. The van der Waals surface area contributed by atoms with Crippen LogP contribution < -0.4 is 5.32 Å². The second-order valence-corrected chi connectivity index (χ2v) is 8.68. The molecule has 1 aromatic carbocycles. The van der Waals surface area contributed by atoms with Crippen molar-refractivity contribution in [3.05, 3.63) is 28.2 Å². The van der Waals surface area contributed by atoms with Crippen LogP contribution in [-0.4, -0.2) is 16.8 Å². The van der Waals surface area contributed by atoms with Crippen molar-refractivity contribution in [2.45, 2.75) is 45.6 Å². The van der Waals surface area contributed by atoms with E-state index in [1.807, 2.05) is 6.07 Å². The zero-order valence-electron chi connectivity index (χ0n) is 13.6. The first kappa shape index (κ1) is 16.7. The van der Waals surface area contributed by atoms with Crippen molar-refractivity contribution in [2.75, 3.05) is 5.32 Å². The van der Waals surface area contributed by atoms with Crippen LogP contribution in [0.25, 0.3) is 0 Å². The van der Waals surface area contributed by atoms with Crippen LogP contribution in [0.3, 0.4) is 0 Å². The number of rotatable bonds is 1. The van der Waals surface area contributed by atoms with Crippen molar-refractivity contribution in [3.63, 3.8) is 0 Å². The Kier molecular flexibility index (Phi) is 3.92. The van der Waals surface area contributed by atoms with E-state index in [0.29, 0.717) is 30.0 Å². The van der Waals surface area contributed by atoms with Crippen LogP contribution in [-0.2, 0) is 15.2 Å². The first-order chi connectivity index (χ1) is 10.6. The smallest absolute Gasteiger partial charge is 0.261 e. The fourth-order valence-electron chi connectivity index (χ4n) is 3.84. The second-order valence-electron chi connectivity index (χ2n) is 7.77. The fourth-order valence-corrected chi connectivity index (χ4v) is 4.20. The van der Waals surface area contributed by atoms with Gasteiger partial charge in [-0.25, -0.2) is 0 Å². The van der Waals surface area contributed by atoms with Gasteiger partial charge in [-0.05, 0) is 42.4 Å². The molecule has 1 amide bonds. The quantitative estimate of drug-likeness (QED) is 0.782. The van der Waals surface area contributed by atoms with Crippen molar-refractivity contribution in [2.24, 2.45) is 17.3 Å². The largest absolute Gasteiger partial charge is 0.375 e. The number of amides is 1. The Morgan fingerprint density at radius 2 is 2.00 bits per heavy atom. The van der Waals surface area contributed by atoms with E-state index < -0.39 is 17.4 Å². The third kappa shape index (κ3) is 2.64. The van der Waals surface area contributed by atoms with Gasteiger partial charge in [0, 0.05) is 22.1 Å². The Labute approximate surface area is 144 Å². The summed E-state index contributed by atoms with van der Waals surface area (Å²) in [7, 11) is 0. The fraction of sp³-hybridized carbons (Fsp3) is 0.556. The third-order valence-corrected chi connectivity index (χ3v) is 5.86. The summed E-state index contributed by atoms with van der Waals surface area (Å²) in [6.07, 6.45) is 1.78. The van der Waals surface area contributed by atoms with E-state index in [4.69, 9.17) is 0 Å². The summed E-state index contributed by atoms with van der Waals surface area (Å²) in [5.74, 6) is -0.885. The summed E-state index contributed by atoms with van der Waals surface area (Å²) in [4.78, 5) is 25.1. The van der Waals surface area contributed by atoms with Gasteiger partial charge < -0.3 is 10.4 Å². The van der Waals surface area contributed by atoms with Gasteiger partial charge in [-0.3, -0.25) is 9.59 Å². The molecule has 1 aromatic rings. The predicted octanol–water partition coefficient (Wildman–Crippen LogP) is 3.62. The Morgan fingerprint density at radius 3 is 2.65 bits per heavy atom. The van der Waals surface area contributed by atoms with Gasteiger partial charge in [-0.15, -0.1) is 0 Å². The van der Waals surface area contributed by atoms with Crippen molar-refractivity contribution in [1.82, 2.24) is 0 Å². The van der Waals surface area contributed by atoms with Gasteiger partial charge in [0.15, 0.2) is 5.60 Å². The molecule has 0 spiro atoms. The van der Waals surface area contributed by atoms with E-state index in [1.54, 1.807) is 12.1 Å². The highest BCUT2D eigenvalue weighted by Gasteiger charge is 2.55. The molecule has 2 N–H and O–H groups in total. The SMILES string of the molecule is CC(C)(C)[C@H]1CCC(=O)[C@H]([C@@]2(O)C(=O)Nc3ccc(Br)cc32)C1. The van der Waals surface area contributed by atoms with Gasteiger partial charge in [0.05, 0.1) is 5.92 Å². The van der Waals surface area contributed by atoms with E-state index in [-0.39, 0.29) is 11.2 Å². The monoisotopic (exact) mass is 379 g/mol. The number of carbonyl (C=O) groups excluding carboxylic acids is 2. The van der Waals surface area contributed by atoms with Crippen LogP contribution in [0.1, 0.15) is 45.6 Å². The topological polar surface area (TPSA) is 66.4 Å². The van der Waals surface area contributed by atoms with Crippen LogP contribution in [0.2, 0.25) is 0 Å². The lowest BCUT2D eigenvalue weighted by atomic mass is 9.63. The Morgan fingerprint density at radius 1 is 1.30 bits per heavy atom. The van der Waals surface area contributed by atoms with Gasteiger partial charge in [0.1, 0.15) is 5.78 Å². The second kappa shape index (κ2) is 5.42. The zero-order valence-corrected chi connectivity index (χ0v) is 15.2. The lowest BCUT2D eigenvalue weighted by molar-refractivity contribution is -0.153. The molecule has 3 atom stereocenters. The zero-order chi connectivity index (χ0) is 17.0. The minimum Gasteiger partial charge on any atom is -0.375 e. The van der Waals surface area contributed by atoms with Gasteiger partial charge in [-0.1, -0.05) is 36.7 Å². The Balaban J connectivity index is 2.04. The average molecular weight is 380 g/mol. The highest BCUT2D eigenvalue weighted by atomic mass is 79.9. The molecule has 1 fully saturated rings. The van der Waals surface area contributed by atoms with Gasteiger partial charge in [0.25, 0.3) is 5.91 Å². The molecule has 1 aliphatic heterocycles. The molecular weight excluding hydrogens is 358 g/mol. The number of carbonyl (C=O) groups is 2. The maximum Gasteiger partial charge on any atom is 0.261 e. The summed E-state index contributed by atoms with van der Waals surface area (Å²) < 4.78 is 0.779. The molecule has 23 heavy (non-hydrogen) atoms. The minimum absolute atomic E-state index is 0.0176. The maximum absolute atomic E-state index is 12.5. The van der Waals surface area contributed by atoms with Crippen LogP contribution in [0.5, 0.6) is 0 Å². The Bertz CT molecular complexity index is 679. The molecule has 1 heterocycles. The number of nitrogens with one attached hydrogen (secondary N) is 1. The molecule has 1 saturated carbocycles. The number of benzene rings is 1. The molecule has 2 aliphatic rings. The molecule has 1 aliphatic carbocycles. The lowest BCUT2D eigenvalue weighted by Crippen LogP contribution is -2.49. The highest BCUT2D eigenvalue weighted by Crippen LogP contribution is 2.49. The number of anilines is 1.